The number of pyridine rings is 1. The van der Waals surface area contributed by atoms with Gasteiger partial charge in [-0.3, -0.25) is 0 Å². The molecule has 1 N–H and O–H groups in total. The highest BCUT2D eigenvalue weighted by molar-refractivity contribution is 5.36. The van der Waals surface area contributed by atoms with Crippen LogP contribution in [0.5, 0.6) is 5.88 Å². The van der Waals surface area contributed by atoms with Crippen LogP contribution in [0.4, 0.5) is 5.82 Å². The zero-order valence-electron chi connectivity index (χ0n) is 11.1. The minimum absolute atomic E-state index is 0.649. The maximum absolute atomic E-state index is 5.35. The highest BCUT2D eigenvalue weighted by atomic mass is 16.5. The largest absolute Gasteiger partial charge is 0.478 e. The van der Waals surface area contributed by atoms with E-state index in [4.69, 9.17) is 4.74 Å². The summed E-state index contributed by atoms with van der Waals surface area (Å²) in [5.41, 5.74) is 0. The van der Waals surface area contributed by atoms with Gasteiger partial charge in [0.25, 0.3) is 0 Å². The molecule has 4 heteroatoms. The summed E-state index contributed by atoms with van der Waals surface area (Å²) in [6.07, 6.45) is 0. The summed E-state index contributed by atoms with van der Waals surface area (Å²) in [4.78, 5) is 6.73. The Bertz CT molecular complexity index is 313. The summed E-state index contributed by atoms with van der Waals surface area (Å²) in [6.45, 7) is 11.1. The molecular weight excluding hydrogens is 214 g/mol. The molecule has 0 atom stereocenters. The van der Waals surface area contributed by atoms with E-state index < -0.39 is 0 Å². The summed E-state index contributed by atoms with van der Waals surface area (Å²) in [7, 11) is 0. The Labute approximate surface area is 104 Å². The van der Waals surface area contributed by atoms with Crippen LogP contribution in [0.15, 0.2) is 18.2 Å². The van der Waals surface area contributed by atoms with Crippen LogP contribution in [-0.2, 0) is 0 Å². The maximum Gasteiger partial charge on any atom is 0.215 e. The molecule has 0 aliphatic heterocycles. The molecule has 0 unspecified atom stereocenters. The molecule has 0 radical (unpaired) electrons. The van der Waals surface area contributed by atoms with Crippen LogP contribution in [0.25, 0.3) is 0 Å². The molecule has 0 aromatic carbocycles. The molecule has 0 saturated heterocycles. The van der Waals surface area contributed by atoms with Gasteiger partial charge in [-0.2, -0.15) is 4.98 Å². The lowest BCUT2D eigenvalue weighted by atomic mass is 10.4. The van der Waals surface area contributed by atoms with Crippen LogP contribution in [0.1, 0.15) is 20.8 Å². The first-order valence-electron chi connectivity index (χ1n) is 6.36. The van der Waals surface area contributed by atoms with Crippen molar-refractivity contribution in [2.24, 2.45) is 0 Å². The molecule has 1 rings (SSSR count). The van der Waals surface area contributed by atoms with Crippen molar-refractivity contribution in [2.45, 2.75) is 20.8 Å². The van der Waals surface area contributed by atoms with Crippen molar-refractivity contribution < 1.29 is 4.74 Å². The van der Waals surface area contributed by atoms with Gasteiger partial charge in [-0.05, 0) is 26.1 Å². The Kier molecular flexibility index (Phi) is 6.40. The maximum atomic E-state index is 5.35. The van der Waals surface area contributed by atoms with Crippen LogP contribution < -0.4 is 10.1 Å². The second kappa shape index (κ2) is 7.90. The second-order valence-corrected chi connectivity index (χ2v) is 3.75. The van der Waals surface area contributed by atoms with Gasteiger partial charge in [-0.25, -0.2) is 0 Å². The smallest absolute Gasteiger partial charge is 0.215 e. The van der Waals surface area contributed by atoms with E-state index in [0.29, 0.717) is 12.5 Å². The number of anilines is 1. The van der Waals surface area contributed by atoms with E-state index in [1.165, 1.54) is 0 Å². The van der Waals surface area contributed by atoms with Crippen molar-refractivity contribution in [3.05, 3.63) is 18.2 Å². The Hall–Kier alpha value is -1.29. The number of hydrogen-bond acceptors (Lipinski definition) is 4. The topological polar surface area (TPSA) is 37.4 Å². The normalized spacial score (nSPS) is 10.6. The van der Waals surface area contributed by atoms with Gasteiger partial charge in [0.2, 0.25) is 5.88 Å². The molecule has 0 saturated carbocycles. The van der Waals surface area contributed by atoms with E-state index in [1.807, 2.05) is 25.1 Å². The lowest BCUT2D eigenvalue weighted by molar-refractivity contribution is 0.315. The first-order valence-corrected chi connectivity index (χ1v) is 6.36. The molecule has 0 amide bonds. The Morgan fingerprint density at radius 3 is 2.65 bits per heavy atom. The van der Waals surface area contributed by atoms with Crippen LogP contribution in [0, 0.1) is 0 Å². The molecule has 0 fully saturated rings. The minimum atomic E-state index is 0.649. The molecule has 0 aliphatic rings. The third kappa shape index (κ3) is 5.04. The number of nitrogens with zero attached hydrogens (tertiary/aromatic N) is 2. The van der Waals surface area contributed by atoms with E-state index in [1.54, 1.807) is 0 Å². The summed E-state index contributed by atoms with van der Waals surface area (Å²) >= 11 is 0. The fourth-order valence-electron chi connectivity index (χ4n) is 1.62. The van der Waals surface area contributed by atoms with E-state index in [9.17, 15) is 0 Å². The standard InChI is InChI=1S/C13H23N3O/c1-4-16(5-2)11-10-14-12-8-7-9-13(15-12)17-6-3/h7-9H,4-6,10-11H2,1-3H3,(H,14,15). The van der Waals surface area contributed by atoms with Crippen LogP contribution in [0.2, 0.25) is 0 Å². The fraction of sp³-hybridized carbons (Fsp3) is 0.615. The lowest BCUT2D eigenvalue weighted by Crippen LogP contribution is -2.28. The SMILES string of the molecule is CCOc1cccc(NCCN(CC)CC)n1. The van der Waals surface area contributed by atoms with Crippen molar-refractivity contribution in [1.82, 2.24) is 9.88 Å². The van der Waals surface area contributed by atoms with Gasteiger partial charge in [0.05, 0.1) is 6.61 Å². The van der Waals surface area contributed by atoms with Crippen molar-refractivity contribution in [2.75, 3.05) is 38.1 Å². The molecule has 1 aromatic rings. The molecule has 0 bridgehead atoms. The molecule has 0 aliphatic carbocycles. The third-order valence-corrected chi connectivity index (χ3v) is 2.64. The lowest BCUT2D eigenvalue weighted by Gasteiger charge is -2.18. The van der Waals surface area contributed by atoms with E-state index >= 15 is 0 Å². The van der Waals surface area contributed by atoms with Gasteiger partial charge in [-0.1, -0.05) is 19.9 Å². The first kappa shape index (κ1) is 13.8. The van der Waals surface area contributed by atoms with Gasteiger partial charge in [-0.15, -0.1) is 0 Å². The first-order chi connectivity index (χ1) is 8.30. The van der Waals surface area contributed by atoms with E-state index in [0.717, 1.165) is 32.0 Å². The molecule has 1 heterocycles. The molecule has 17 heavy (non-hydrogen) atoms. The average molecular weight is 237 g/mol. The Morgan fingerprint density at radius 2 is 2.00 bits per heavy atom. The van der Waals surface area contributed by atoms with Crippen molar-refractivity contribution in [3.63, 3.8) is 0 Å². The second-order valence-electron chi connectivity index (χ2n) is 3.75. The van der Waals surface area contributed by atoms with Crippen LogP contribution in [0.3, 0.4) is 0 Å². The predicted molar refractivity (Wildman–Crippen MR) is 71.7 cm³/mol. The van der Waals surface area contributed by atoms with Crippen molar-refractivity contribution in [3.8, 4) is 5.88 Å². The number of nitrogens with one attached hydrogen (secondary N) is 1. The van der Waals surface area contributed by atoms with Gasteiger partial charge in [0.15, 0.2) is 0 Å². The average Bonchev–Trinajstić information content (AvgIpc) is 2.36. The number of ether oxygens (including phenoxy) is 1. The van der Waals surface area contributed by atoms with Crippen molar-refractivity contribution in [1.29, 1.82) is 0 Å². The van der Waals surface area contributed by atoms with Crippen LogP contribution >= 0.6 is 0 Å². The molecule has 0 spiro atoms. The number of aromatic nitrogens is 1. The van der Waals surface area contributed by atoms with E-state index in [-0.39, 0.29) is 0 Å². The van der Waals surface area contributed by atoms with E-state index in [2.05, 4.69) is 29.0 Å². The Morgan fingerprint density at radius 1 is 1.24 bits per heavy atom. The molecule has 1 aromatic heterocycles. The highest BCUT2D eigenvalue weighted by Gasteiger charge is 2.00. The number of likely N-dealkylation sites (N-methyl/N-ethyl adjacent to an activating group) is 1. The summed E-state index contributed by atoms with van der Waals surface area (Å²) in [6, 6.07) is 5.79. The summed E-state index contributed by atoms with van der Waals surface area (Å²) in [5.74, 6) is 1.56. The molecule has 96 valence electrons. The fourth-order valence-corrected chi connectivity index (χ4v) is 1.62. The quantitative estimate of drug-likeness (QED) is 0.752. The molecule has 4 nitrogen and oxygen atoms in total. The highest BCUT2D eigenvalue weighted by Crippen LogP contribution is 2.10. The van der Waals surface area contributed by atoms with Gasteiger partial charge in [0, 0.05) is 19.2 Å². The zero-order chi connectivity index (χ0) is 12.5. The van der Waals surface area contributed by atoms with Crippen molar-refractivity contribution >= 4 is 5.82 Å². The van der Waals surface area contributed by atoms with Gasteiger partial charge in [0.1, 0.15) is 5.82 Å². The van der Waals surface area contributed by atoms with Gasteiger partial charge < -0.3 is 15.0 Å². The monoisotopic (exact) mass is 237 g/mol. The molecular formula is C13H23N3O. The number of rotatable bonds is 8. The third-order valence-electron chi connectivity index (χ3n) is 2.64. The Balaban J connectivity index is 2.38. The van der Waals surface area contributed by atoms with Gasteiger partial charge >= 0.3 is 0 Å². The number of hydrogen-bond donors (Lipinski definition) is 1. The van der Waals surface area contributed by atoms with Crippen LogP contribution in [-0.4, -0.2) is 42.7 Å². The zero-order valence-corrected chi connectivity index (χ0v) is 11.1. The predicted octanol–water partition coefficient (Wildman–Crippen LogP) is 2.23. The minimum Gasteiger partial charge on any atom is -0.478 e. The summed E-state index contributed by atoms with van der Waals surface area (Å²) < 4.78 is 5.35. The summed E-state index contributed by atoms with van der Waals surface area (Å²) in [5, 5.41) is 3.31.